The number of carbonyl (C=O) groups excluding carboxylic acids is 2. The number of ether oxygens (including phenoxy) is 4. The van der Waals surface area contributed by atoms with Crippen molar-refractivity contribution in [1.29, 1.82) is 0 Å². The van der Waals surface area contributed by atoms with Gasteiger partial charge >= 0.3 is 5.97 Å². The molecule has 1 amide bonds. The van der Waals surface area contributed by atoms with Gasteiger partial charge in [-0.3, -0.25) is 4.79 Å². The van der Waals surface area contributed by atoms with Crippen molar-refractivity contribution in [3.05, 3.63) is 59.5 Å². The number of nitrogens with one attached hydrogen (secondary N) is 1. The summed E-state index contributed by atoms with van der Waals surface area (Å²) in [6.07, 6.45) is 0.752. The van der Waals surface area contributed by atoms with Crippen LogP contribution in [-0.4, -0.2) is 39.3 Å². The van der Waals surface area contributed by atoms with E-state index in [1.54, 1.807) is 21.1 Å². The Kier molecular flexibility index (Phi) is 8.71. The highest BCUT2D eigenvalue weighted by Gasteiger charge is 2.22. The van der Waals surface area contributed by atoms with Crippen molar-refractivity contribution >= 4 is 28.2 Å². The molecule has 0 saturated heterocycles. The summed E-state index contributed by atoms with van der Waals surface area (Å²) < 4.78 is 21.4. The van der Waals surface area contributed by atoms with E-state index in [1.165, 1.54) is 11.3 Å². The summed E-state index contributed by atoms with van der Waals surface area (Å²) in [5.41, 5.74) is 1.89. The molecule has 1 aromatic heterocycles. The Hall–Kier alpha value is -3.52. The number of thiophene rings is 1. The number of amides is 1. The SMILES string of the molecule is CCOC(=O)c1c(-c2ccc(OC)cc2)csc1NC(=O)CCCOc1ccccc1OC. The molecule has 0 saturated carbocycles. The van der Waals surface area contributed by atoms with Crippen molar-refractivity contribution in [3.63, 3.8) is 0 Å². The monoisotopic (exact) mass is 469 g/mol. The Balaban J connectivity index is 1.65. The number of hydrogen-bond donors (Lipinski definition) is 1. The van der Waals surface area contributed by atoms with Crippen molar-refractivity contribution in [2.24, 2.45) is 0 Å². The number of benzene rings is 2. The van der Waals surface area contributed by atoms with E-state index >= 15 is 0 Å². The summed E-state index contributed by atoms with van der Waals surface area (Å²) in [6, 6.07) is 14.7. The average molecular weight is 470 g/mol. The number of hydrogen-bond acceptors (Lipinski definition) is 7. The lowest BCUT2D eigenvalue weighted by Crippen LogP contribution is -2.15. The van der Waals surface area contributed by atoms with Crippen LogP contribution in [0.25, 0.3) is 11.1 Å². The summed E-state index contributed by atoms with van der Waals surface area (Å²) in [5.74, 6) is 1.32. The zero-order chi connectivity index (χ0) is 23.6. The third-order valence-corrected chi connectivity index (χ3v) is 5.69. The summed E-state index contributed by atoms with van der Waals surface area (Å²) >= 11 is 1.29. The predicted octanol–water partition coefficient (Wildman–Crippen LogP) is 5.41. The van der Waals surface area contributed by atoms with Gasteiger partial charge in [0.1, 0.15) is 16.3 Å². The standard InChI is InChI=1S/C25H27NO6S/c1-4-31-25(28)23-19(17-11-13-18(29-2)14-12-17)16-33-24(23)26-22(27)10-7-15-32-21-9-6-5-8-20(21)30-3/h5-6,8-9,11-14,16H,4,7,10,15H2,1-3H3,(H,26,27). The predicted molar refractivity (Wildman–Crippen MR) is 129 cm³/mol. The number of anilines is 1. The summed E-state index contributed by atoms with van der Waals surface area (Å²) in [6.45, 7) is 2.35. The van der Waals surface area contributed by atoms with E-state index in [0.717, 1.165) is 11.3 Å². The van der Waals surface area contributed by atoms with Gasteiger partial charge in [-0.25, -0.2) is 4.79 Å². The highest BCUT2D eigenvalue weighted by atomic mass is 32.1. The van der Waals surface area contributed by atoms with E-state index in [1.807, 2.05) is 53.9 Å². The van der Waals surface area contributed by atoms with Gasteiger partial charge < -0.3 is 24.3 Å². The molecule has 1 heterocycles. The van der Waals surface area contributed by atoms with Crippen LogP contribution in [0.1, 0.15) is 30.1 Å². The molecule has 0 bridgehead atoms. The summed E-state index contributed by atoms with van der Waals surface area (Å²) in [4.78, 5) is 25.2. The number of rotatable bonds is 11. The van der Waals surface area contributed by atoms with Crippen molar-refractivity contribution in [1.82, 2.24) is 0 Å². The second kappa shape index (κ2) is 11.9. The van der Waals surface area contributed by atoms with E-state index in [0.29, 0.717) is 40.7 Å². The van der Waals surface area contributed by atoms with Crippen LogP contribution in [0.4, 0.5) is 5.00 Å². The van der Waals surface area contributed by atoms with Gasteiger partial charge in [0.2, 0.25) is 5.91 Å². The van der Waals surface area contributed by atoms with Crippen LogP contribution in [0.15, 0.2) is 53.9 Å². The lowest BCUT2D eigenvalue weighted by atomic mass is 10.0. The second-order valence-corrected chi connectivity index (χ2v) is 7.83. The van der Waals surface area contributed by atoms with Gasteiger partial charge in [-0.15, -0.1) is 11.3 Å². The highest BCUT2D eigenvalue weighted by Crippen LogP contribution is 2.37. The Labute approximate surface area is 197 Å². The molecule has 0 aliphatic carbocycles. The van der Waals surface area contributed by atoms with Crippen molar-refractivity contribution in [2.45, 2.75) is 19.8 Å². The normalized spacial score (nSPS) is 10.4. The lowest BCUT2D eigenvalue weighted by Gasteiger charge is -2.11. The van der Waals surface area contributed by atoms with Gasteiger partial charge in [-0.2, -0.15) is 0 Å². The Morgan fingerprint density at radius 3 is 2.36 bits per heavy atom. The fourth-order valence-electron chi connectivity index (χ4n) is 3.18. The Bertz CT molecular complexity index is 1080. The number of para-hydroxylation sites is 2. The summed E-state index contributed by atoms with van der Waals surface area (Å²) in [7, 11) is 3.18. The highest BCUT2D eigenvalue weighted by molar-refractivity contribution is 7.15. The van der Waals surface area contributed by atoms with E-state index < -0.39 is 5.97 Å². The molecule has 3 aromatic rings. The van der Waals surface area contributed by atoms with Gasteiger partial charge in [0.15, 0.2) is 11.5 Å². The average Bonchev–Trinajstić information content (AvgIpc) is 3.25. The molecule has 0 fully saturated rings. The smallest absolute Gasteiger partial charge is 0.341 e. The molecule has 3 rings (SSSR count). The first-order valence-corrected chi connectivity index (χ1v) is 11.4. The minimum Gasteiger partial charge on any atom is -0.497 e. The van der Waals surface area contributed by atoms with Crippen LogP contribution in [0.2, 0.25) is 0 Å². The van der Waals surface area contributed by atoms with Crippen molar-refractivity contribution in [3.8, 4) is 28.4 Å². The number of esters is 1. The third kappa shape index (κ3) is 6.26. The molecule has 0 aliphatic heterocycles. The van der Waals surface area contributed by atoms with Crippen LogP contribution >= 0.6 is 11.3 Å². The maximum absolute atomic E-state index is 12.7. The maximum Gasteiger partial charge on any atom is 0.341 e. The fraction of sp³-hybridized carbons (Fsp3) is 0.280. The minimum atomic E-state index is -0.473. The first kappa shape index (κ1) is 24.1. The Morgan fingerprint density at radius 2 is 1.70 bits per heavy atom. The molecular weight excluding hydrogens is 442 g/mol. The largest absolute Gasteiger partial charge is 0.497 e. The quantitative estimate of drug-likeness (QED) is 0.299. The zero-order valence-electron chi connectivity index (χ0n) is 18.9. The molecule has 0 radical (unpaired) electrons. The van der Waals surface area contributed by atoms with Gasteiger partial charge in [0.25, 0.3) is 0 Å². The topological polar surface area (TPSA) is 83.1 Å². The molecule has 0 atom stereocenters. The molecular formula is C25H27NO6S. The van der Waals surface area contributed by atoms with Crippen molar-refractivity contribution < 1.29 is 28.5 Å². The molecule has 8 heteroatoms. The van der Waals surface area contributed by atoms with Crippen LogP contribution in [0.5, 0.6) is 17.2 Å². The van der Waals surface area contributed by atoms with Gasteiger partial charge in [0, 0.05) is 17.4 Å². The van der Waals surface area contributed by atoms with Crippen LogP contribution < -0.4 is 19.5 Å². The molecule has 0 spiro atoms. The van der Waals surface area contributed by atoms with Gasteiger partial charge in [-0.05, 0) is 43.2 Å². The van der Waals surface area contributed by atoms with E-state index in [4.69, 9.17) is 18.9 Å². The van der Waals surface area contributed by atoms with Gasteiger partial charge in [-0.1, -0.05) is 24.3 Å². The van der Waals surface area contributed by atoms with Crippen LogP contribution in [0, 0.1) is 0 Å². The first-order chi connectivity index (χ1) is 16.1. The van der Waals surface area contributed by atoms with Crippen LogP contribution in [0.3, 0.4) is 0 Å². The molecule has 0 unspecified atom stereocenters. The Morgan fingerprint density at radius 1 is 0.970 bits per heavy atom. The number of methoxy groups -OCH3 is 2. The fourth-order valence-corrected chi connectivity index (χ4v) is 4.15. The molecule has 7 nitrogen and oxygen atoms in total. The third-order valence-electron chi connectivity index (χ3n) is 4.80. The number of carbonyl (C=O) groups is 2. The first-order valence-electron chi connectivity index (χ1n) is 10.6. The van der Waals surface area contributed by atoms with E-state index in [-0.39, 0.29) is 18.9 Å². The van der Waals surface area contributed by atoms with E-state index in [2.05, 4.69) is 5.32 Å². The minimum absolute atomic E-state index is 0.202. The van der Waals surface area contributed by atoms with Crippen molar-refractivity contribution in [2.75, 3.05) is 32.8 Å². The summed E-state index contributed by atoms with van der Waals surface area (Å²) in [5, 5.41) is 5.17. The van der Waals surface area contributed by atoms with Gasteiger partial charge in [0.05, 0.1) is 27.4 Å². The molecule has 174 valence electrons. The second-order valence-electron chi connectivity index (χ2n) is 6.95. The van der Waals surface area contributed by atoms with E-state index in [9.17, 15) is 9.59 Å². The maximum atomic E-state index is 12.7. The molecule has 2 aromatic carbocycles. The van der Waals surface area contributed by atoms with Crippen LogP contribution in [-0.2, 0) is 9.53 Å². The molecule has 33 heavy (non-hydrogen) atoms. The molecule has 1 N–H and O–H groups in total. The zero-order valence-corrected chi connectivity index (χ0v) is 19.7. The lowest BCUT2D eigenvalue weighted by molar-refractivity contribution is -0.116. The molecule has 0 aliphatic rings.